The number of ether oxygens (including phenoxy) is 1. The van der Waals surface area contributed by atoms with Gasteiger partial charge < -0.3 is 19.5 Å². The number of fused-ring (bicyclic) bond motifs is 1. The highest BCUT2D eigenvalue weighted by Crippen LogP contribution is 2.33. The first-order valence-corrected chi connectivity index (χ1v) is 11.6. The van der Waals surface area contributed by atoms with Crippen LogP contribution in [0.4, 0.5) is 0 Å². The van der Waals surface area contributed by atoms with Gasteiger partial charge >= 0.3 is 10.8 Å². The van der Waals surface area contributed by atoms with Crippen LogP contribution in [-0.4, -0.2) is 32.5 Å². The van der Waals surface area contributed by atoms with Crippen molar-refractivity contribution in [2.75, 3.05) is 6.61 Å². The zero-order valence-corrected chi connectivity index (χ0v) is 19.8. The summed E-state index contributed by atoms with van der Waals surface area (Å²) in [6.45, 7) is 9.17. The molecule has 0 amide bonds. The summed E-state index contributed by atoms with van der Waals surface area (Å²) >= 11 is 0.757. The molecule has 2 aromatic heterocycles. The number of hydrogen-bond acceptors (Lipinski definition) is 7. The number of carbonyl (C=O) groups is 1. The molecule has 2 heterocycles. The van der Waals surface area contributed by atoms with Crippen LogP contribution in [-0.2, 0) is 30.6 Å². The first-order chi connectivity index (χ1) is 15.1. The smallest absolute Gasteiger partial charge is 0.310 e. The first-order valence-electron chi connectivity index (χ1n) is 10.8. The lowest BCUT2D eigenvalue weighted by molar-refractivity contribution is -0.136. The number of nitrogens with zero attached hydrogens (tertiary/aromatic N) is 2. The third-order valence-electron chi connectivity index (χ3n) is 5.00. The summed E-state index contributed by atoms with van der Waals surface area (Å²) in [6, 6.07) is 3.92. The Labute approximate surface area is 190 Å². The number of aromatic hydroxyl groups is 1. The first kappa shape index (κ1) is 23.8. The topological polar surface area (TPSA) is 115 Å². The summed E-state index contributed by atoms with van der Waals surface area (Å²) in [5, 5.41) is 24.3. The highest BCUT2D eigenvalue weighted by Gasteiger charge is 2.21. The number of rotatable bonds is 10. The van der Waals surface area contributed by atoms with Crippen LogP contribution in [0.3, 0.4) is 0 Å². The highest BCUT2D eigenvalue weighted by molar-refractivity contribution is 7.09. The van der Waals surface area contributed by atoms with E-state index in [1.165, 1.54) is 4.57 Å². The largest absolute Gasteiger partial charge is 0.494 e. The lowest BCUT2D eigenvalue weighted by Gasteiger charge is -2.16. The zero-order chi connectivity index (χ0) is 23.5. The van der Waals surface area contributed by atoms with Crippen molar-refractivity contribution in [1.82, 2.24) is 9.72 Å². The van der Waals surface area contributed by atoms with Crippen molar-refractivity contribution in [1.29, 1.82) is 0 Å². The van der Waals surface area contributed by atoms with Gasteiger partial charge in [0.25, 0.3) is 0 Å². The predicted molar refractivity (Wildman–Crippen MR) is 123 cm³/mol. The molecule has 2 N–H and O–H groups in total. The summed E-state index contributed by atoms with van der Waals surface area (Å²) in [4.78, 5) is 22.7. The molecular weight excluding hydrogens is 432 g/mol. The van der Waals surface area contributed by atoms with Gasteiger partial charge in [-0.3, -0.25) is 14.2 Å². The van der Waals surface area contributed by atoms with Gasteiger partial charge in [-0.05, 0) is 36.8 Å². The van der Waals surface area contributed by atoms with E-state index in [4.69, 9.17) is 14.4 Å². The van der Waals surface area contributed by atoms with Gasteiger partial charge in [0.05, 0.1) is 23.6 Å². The van der Waals surface area contributed by atoms with Gasteiger partial charge in [-0.15, -0.1) is 0 Å². The van der Waals surface area contributed by atoms with E-state index in [1.54, 1.807) is 0 Å². The summed E-state index contributed by atoms with van der Waals surface area (Å²) in [7, 11) is 0. The predicted octanol–water partition coefficient (Wildman–Crippen LogP) is 4.39. The van der Waals surface area contributed by atoms with E-state index in [-0.39, 0.29) is 34.0 Å². The van der Waals surface area contributed by atoms with E-state index in [9.17, 15) is 14.7 Å². The Morgan fingerprint density at radius 3 is 2.72 bits per heavy atom. The van der Waals surface area contributed by atoms with Gasteiger partial charge in [-0.2, -0.15) is 0 Å². The molecule has 0 saturated heterocycles. The van der Waals surface area contributed by atoms with Crippen LogP contribution >= 0.6 is 11.3 Å². The minimum Gasteiger partial charge on any atom is -0.494 e. The number of benzene rings is 1. The van der Waals surface area contributed by atoms with Crippen LogP contribution in [0.15, 0.2) is 21.5 Å². The van der Waals surface area contributed by atoms with Gasteiger partial charge in [-0.1, -0.05) is 50.6 Å². The van der Waals surface area contributed by atoms with E-state index in [2.05, 4.69) is 32.9 Å². The molecule has 0 aliphatic carbocycles. The van der Waals surface area contributed by atoms with Crippen molar-refractivity contribution in [3.05, 3.63) is 37.9 Å². The molecular formula is C23H30N2O6S. The number of thiazole rings is 1. The fraction of sp³-hybridized carbons (Fsp3) is 0.522. The molecule has 1 aromatic carbocycles. The molecule has 0 fully saturated rings. The Hall–Kier alpha value is -2.81. The maximum atomic E-state index is 12.1. The minimum absolute atomic E-state index is 0.0967. The lowest BCUT2D eigenvalue weighted by atomic mass is 9.89. The fourth-order valence-corrected chi connectivity index (χ4v) is 4.54. The second kappa shape index (κ2) is 9.77. The van der Waals surface area contributed by atoms with Crippen molar-refractivity contribution in [2.45, 2.75) is 66.3 Å². The van der Waals surface area contributed by atoms with Crippen molar-refractivity contribution < 1.29 is 24.3 Å². The lowest BCUT2D eigenvalue weighted by Crippen LogP contribution is -2.14. The molecule has 3 rings (SSSR count). The fourth-order valence-electron chi connectivity index (χ4n) is 3.64. The Kier molecular flexibility index (Phi) is 7.28. The Morgan fingerprint density at radius 1 is 1.31 bits per heavy atom. The molecule has 0 spiro atoms. The van der Waals surface area contributed by atoms with Crippen molar-refractivity contribution in [3.8, 4) is 11.6 Å². The van der Waals surface area contributed by atoms with E-state index in [0.717, 1.165) is 58.6 Å². The van der Waals surface area contributed by atoms with Crippen LogP contribution in [0.5, 0.6) is 11.6 Å². The van der Waals surface area contributed by atoms with Gasteiger partial charge in [0.2, 0.25) is 5.88 Å². The monoisotopic (exact) mass is 462 g/mol. The summed E-state index contributed by atoms with van der Waals surface area (Å²) in [6.07, 6.45) is 2.64. The van der Waals surface area contributed by atoms with E-state index >= 15 is 0 Å². The molecule has 0 atom stereocenters. The Bertz CT molecular complexity index is 1150. The van der Waals surface area contributed by atoms with Crippen LogP contribution in [0.25, 0.3) is 11.0 Å². The molecule has 0 saturated carbocycles. The van der Waals surface area contributed by atoms with Gasteiger partial charge in [0.15, 0.2) is 5.58 Å². The number of carboxylic acids is 1. The van der Waals surface area contributed by atoms with Gasteiger partial charge in [0, 0.05) is 17.5 Å². The third kappa shape index (κ3) is 5.51. The molecule has 9 heteroatoms. The molecule has 0 aliphatic heterocycles. The van der Waals surface area contributed by atoms with Gasteiger partial charge in [-0.25, -0.2) is 0 Å². The average Bonchev–Trinajstić information content (AvgIpc) is 3.20. The van der Waals surface area contributed by atoms with Crippen LogP contribution in [0.1, 0.15) is 56.7 Å². The normalized spacial score (nSPS) is 11.9. The van der Waals surface area contributed by atoms with Crippen LogP contribution < -0.4 is 9.61 Å². The zero-order valence-electron chi connectivity index (χ0n) is 18.9. The SMILES string of the molecule is CCCc1c(OCCCn2c(O)c(CC(=O)O)sc2=O)ccc2c(CC(C)(C)C)noc12. The number of aromatic nitrogens is 2. The standard InChI is InChI=1S/C23H30N2O6S/c1-5-7-15-17(9-8-14-16(13-23(2,3)4)24-31-20(14)15)30-11-6-10-25-21(28)18(12-19(26)27)32-22(25)29/h8-9,28H,5-7,10-13H2,1-4H3,(H,26,27). The summed E-state index contributed by atoms with van der Waals surface area (Å²) in [5.74, 6) is -0.635. The van der Waals surface area contributed by atoms with Crippen molar-refractivity contribution in [2.24, 2.45) is 5.41 Å². The Balaban J connectivity index is 1.71. The maximum absolute atomic E-state index is 12.1. The molecule has 0 radical (unpaired) electrons. The maximum Gasteiger partial charge on any atom is 0.310 e. The number of hydrogen-bond donors (Lipinski definition) is 2. The third-order valence-corrected chi connectivity index (χ3v) is 5.97. The molecule has 32 heavy (non-hydrogen) atoms. The number of aryl methyl sites for hydroxylation is 1. The summed E-state index contributed by atoms with van der Waals surface area (Å²) in [5.41, 5.74) is 2.78. The van der Waals surface area contributed by atoms with Crippen LogP contribution in [0, 0.1) is 5.41 Å². The molecule has 174 valence electrons. The number of carboxylic acid groups (broad SMARTS) is 1. The molecule has 0 aliphatic rings. The van der Waals surface area contributed by atoms with E-state index in [0.29, 0.717) is 13.0 Å². The molecule has 3 aromatic rings. The molecule has 8 nitrogen and oxygen atoms in total. The second-order valence-electron chi connectivity index (χ2n) is 9.07. The van der Waals surface area contributed by atoms with Gasteiger partial charge in [0.1, 0.15) is 5.75 Å². The van der Waals surface area contributed by atoms with Crippen LogP contribution in [0.2, 0.25) is 0 Å². The summed E-state index contributed by atoms with van der Waals surface area (Å²) < 4.78 is 12.9. The van der Waals surface area contributed by atoms with E-state index < -0.39 is 5.97 Å². The highest BCUT2D eigenvalue weighted by atomic mass is 32.1. The molecule has 0 bridgehead atoms. The average molecular weight is 463 g/mol. The minimum atomic E-state index is -1.09. The second-order valence-corrected chi connectivity index (χ2v) is 10.1. The van der Waals surface area contributed by atoms with E-state index in [1.807, 2.05) is 12.1 Å². The number of aliphatic carboxylic acids is 1. The Morgan fingerprint density at radius 2 is 2.06 bits per heavy atom. The molecule has 0 unspecified atom stereocenters. The van der Waals surface area contributed by atoms with Crippen molar-refractivity contribution >= 4 is 28.3 Å². The van der Waals surface area contributed by atoms with Crippen molar-refractivity contribution in [3.63, 3.8) is 0 Å². The quantitative estimate of drug-likeness (QED) is 0.429.